The molecule has 0 aliphatic carbocycles. The molecule has 10 heteroatoms. The van der Waals surface area contributed by atoms with Gasteiger partial charge in [-0.05, 0) is 71.7 Å². The zero-order valence-electron chi connectivity index (χ0n) is 28.8. The highest BCUT2D eigenvalue weighted by Crippen LogP contribution is 2.38. The van der Waals surface area contributed by atoms with Crippen LogP contribution in [0.1, 0.15) is 83.2 Å². The number of fused-ring (bicyclic) bond motifs is 3. The van der Waals surface area contributed by atoms with Crippen LogP contribution in [0, 0.1) is 0 Å². The van der Waals surface area contributed by atoms with Crippen molar-refractivity contribution in [2.45, 2.75) is 52.1 Å². The van der Waals surface area contributed by atoms with Gasteiger partial charge in [0.25, 0.3) is 0 Å². The third-order valence-corrected chi connectivity index (χ3v) is 8.96. The number of nitrogens with zero attached hydrogens (tertiary/aromatic N) is 3. The minimum Gasteiger partial charge on any atom is -0.507 e. The third kappa shape index (κ3) is 8.60. The fourth-order valence-corrected chi connectivity index (χ4v) is 6.21. The summed E-state index contributed by atoms with van der Waals surface area (Å²) in [7, 11) is 0. The first kappa shape index (κ1) is 36.7. The largest absolute Gasteiger partial charge is 0.507 e. The second-order valence-corrected chi connectivity index (χ2v) is 12.5. The first-order valence-corrected chi connectivity index (χ1v) is 17.2. The normalized spacial score (nSPS) is 11.8. The number of rotatable bonds is 13. The van der Waals surface area contributed by atoms with Crippen LogP contribution in [-0.2, 0) is 6.42 Å². The van der Waals surface area contributed by atoms with Crippen LogP contribution in [0.15, 0.2) is 91.1 Å². The summed E-state index contributed by atoms with van der Waals surface area (Å²) >= 11 is 0. The van der Waals surface area contributed by atoms with Gasteiger partial charge in [0.15, 0.2) is 0 Å². The number of carboxylic acids is 2. The number of aliphatic hydroxyl groups excluding tert-OH is 1. The molecule has 1 heterocycles. The van der Waals surface area contributed by atoms with Crippen LogP contribution in [0.4, 0.5) is 0 Å². The molecule has 10 nitrogen and oxygen atoms in total. The zero-order valence-corrected chi connectivity index (χ0v) is 28.8. The average Bonchev–Trinajstić information content (AvgIpc) is 3.14. The van der Waals surface area contributed by atoms with Gasteiger partial charge in [-0.2, -0.15) is 0 Å². The molecule has 0 saturated carbocycles. The summed E-state index contributed by atoms with van der Waals surface area (Å²) in [6, 6.07) is 24.5. The quantitative estimate of drug-likeness (QED) is 0.0804. The maximum atomic E-state index is 11.6. The van der Waals surface area contributed by atoms with Gasteiger partial charge in [-0.15, -0.1) is 0 Å². The molecule has 1 unspecified atom stereocenters. The molecule has 5 N–H and O–H groups in total. The SMILES string of the molecule is CCCCN(CCCC)CC(O)c1cnc2ccccc2n1.O=C(O)c1cc2ccccc2c(Cc2c(O)c(C(=O)O)cc3ccccc23)c1O. The summed E-state index contributed by atoms with van der Waals surface area (Å²) < 4.78 is 0. The molecule has 0 spiro atoms. The number of para-hydroxylation sites is 2. The smallest absolute Gasteiger partial charge is 0.339 e. The van der Waals surface area contributed by atoms with Crippen LogP contribution in [0.5, 0.6) is 11.5 Å². The van der Waals surface area contributed by atoms with E-state index in [4.69, 9.17) is 0 Å². The minimum atomic E-state index is -1.28. The summed E-state index contributed by atoms with van der Waals surface area (Å²) in [5, 5.41) is 53.3. The number of carbonyl (C=O) groups is 2. The van der Waals surface area contributed by atoms with Crippen LogP contribution >= 0.6 is 0 Å². The Labute approximate surface area is 296 Å². The Morgan fingerprint density at radius 1 is 0.706 bits per heavy atom. The van der Waals surface area contributed by atoms with Crippen LogP contribution in [0.3, 0.4) is 0 Å². The van der Waals surface area contributed by atoms with E-state index in [9.17, 15) is 35.1 Å². The van der Waals surface area contributed by atoms with Gasteiger partial charge in [0.1, 0.15) is 28.7 Å². The van der Waals surface area contributed by atoms with E-state index in [1.54, 1.807) is 54.7 Å². The van der Waals surface area contributed by atoms with E-state index < -0.39 is 29.5 Å². The lowest BCUT2D eigenvalue weighted by atomic mass is 9.90. The number of aromatic nitrogens is 2. The molecule has 51 heavy (non-hydrogen) atoms. The highest BCUT2D eigenvalue weighted by atomic mass is 16.4. The van der Waals surface area contributed by atoms with Crippen molar-refractivity contribution >= 4 is 44.5 Å². The van der Waals surface area contributed by atoms with Gasteiger partial charge in [-0.3, -0.25) is 4.98 Å². The van der Waals surface area contributed by atoms with Crippen molar-refractivity contribution in [3.05, 3.63) is 119 Å². The minimum absolute atomic E-state index is 0.0407. The van der Waals surface area contributed by atoms with Gasteiger partial charge in [0.05, 0.1) is 22.9 Å². The molecule has 6 rings (SSSR count). The van der Waals surface area contributed by atoms with E-state index in [2.05, 4.69) is 28.7 Å². The van der Waals surface area contributed by atoms with E-state index in [1.165, 1.54) is 37.8 Å². The summed E-state index contributed by atoms with van der Waals surface area (Å²) in [5.74, 6) is -3.36. The summed E-state index contributed by atoms with van der Waals surface area (Å²) in [4.78, 5) is 34.5. The maximum Gasteiger partial charge on any atom is 0.339 e. The molecule has 6 aromatic rings. The number of hydrogen-bond acceptors (Lipinski definition) is 8. The van der Waals surface area contributed by atoms with E-state index in [-0.39, 0.29) is 17.5 Å². The Balaban J connectivity index is 0.000000206. The second-order valence-electron chi connectivity index (χ2n) is 12.5. The van der Waals surface area contributed by atoms with Crippen molar-refractivity contribution in [2.75, 3.05) is 19.6 Å². The lowest BCUT2D eigenvalue weighted by Crippen LogP contribution is -2.31. The monoisotopic (exact) mass is 689 g/mol. The van der Waals surface area contributed by atoms with Crippen LogP contribution in [0.2, 0.25) is 0 Å². The number of hydrogen-bond donors (Lipinski definition) is 5. The summed E-state index contributed by atoms with van der Waals surface area (Å²) in [5.41, 5.74) is 2.48. The number of aromatic carboxylic acids is 2. The zero-order chi connectivity index (χ0) is 36.5. The molecule has 0 fully saturated rings. The predicted octanol–water partition coefficient (Wildman–Crippen LogP) is 7.96. The van der Waals surface area contributed by atoms with E-state index in [0.29, 0.717) is 44.9 Å². The Kier molecular flexibility index (Phi) is 12.2. The fourth-order valence-electron chi connectivity index (χ4n) is 6.21. The number of phenols is 2. The van der Waals surface area contributed by atoms with E-state index >= 15 is 0 Å². The first-order valence-electron chi connectivity index (χ1n) is 17.2. The summed E-state index contributed by atoms with van der Waals surface area (Å²) in [6.45, 7) is 7.10. The Hall–Kier alpha value is -5.58. The third-order valence-electron chi connectivity index (χ3n) is 8.96. The molecule has 5 aromatic carbocycles. The van der Waals surface area contributed by atoms with Gasteiger partial charge < -0.3 is 30.4 Å². The van der Waals surface area contributed by atoms with Gasteiger partial charge in [-0.25, -0.2) is 14.6 Å². The summed E-state index contributed by atoms with van der Waals surface area (Å²) in [6.07, 6.45) is 5.76. The van der Waals surface area contributed by atoms with Crippen molar-refractivity contribution in [1.29, 1.82) is 0 Å². The molecule has 0 amide bonds. The predicted molar refractivity (Wildman–Crippen MR) is 199 cm³/mol. The molecule has 0 radical (unpaired) electrons. The maximum absolute atomic E-state index is 11.6. The Morgan fingerprint density at radius 2 is 1.18 bits per heavy atom. The van der Waals surface area contributed by atoms with Gasteiger partial charge in [0, 0.05) is 24.1 Å². The number of aliphatic hydroxyl groups is 1. The molecule has 0 saturated heterocycles. The molecule has 0 aliphatic heterocycles. The van der Waals surface area contributed by atoms with Crippen molar-refractivity contribution in [3.63, 3.8) is 0 Å². The molecule has 0 aliphatic rings. The van der Waals surface area contributed by atoms with Crippen molar-refractivity contribution in [1.82, 2.24) is 14.9 Å². The van der Waals surface area contributed by atoms with E-state index in [0.717, 1.165) is 24.1 Å². The van der Waals surface area contributed by atoms with Crippen molar-refractivity contribution in [3.8, 4) is 11.5 Å². The standard InChI is InChI=1S/C23H16O6.C18H27N3O/c24-20-16(14-7-3-1-5-12(14)9-18(20)22(26)27)11-17-15-8-4-2-6-13(15)10-19(21(17)25)23(28)29;1-3-5-11-21(12-6-4-2)14-18(22)17-13-19-15-9-7-8-10-16(15)20-17/h1-10,24-25H,11H2,(H,26,27)(H,28,29);7-10,13,18,22H,3-6,11-12,14H2,1-2H3. The number of aromatic hydroxyl groups is 2. The van der Waals surface area contributed by atoms with Gasteiger partial charge in [-0.1, -0.05) is 87.4 Å². The van der Waals surface area contributed by atoms with Crippen LogP contribution < -0.4 is 0 Å². The van der Waals surface area contributed by atoms with Crippen LogP contribution in [-0.4, -0.2) is 72.0 Å². The molecule has 1 atom stereocenters. The van der Waals surface area contributed by atoms with Crippen molar-refractivity contribution in [2.24, 2.45) is 0 Å². The molecular formula is C41H43N3O7. The highest BCUT2D eigenvalue weighted by Gasteiger charge is 2.22. The van der Waals surface area contributed by atoms with Crippen LogP contribution in [0.25, 0.3) is 32.6 Å². The number of carboxylic acid groups (broad SMARTS) is 2. The van der Waals surface area contributed by atoms with Gasteiger partial charge in [0.2, 0.25) is 0 Å². The fraction of sp³-hybridized carbons (Fsp3) is 0.268. The number of benzene rings is 5. The lowest BCUT2D eigenvalue weighted by molar-refractivity contribution is 0.0682. The molecule has 264 valence electrons. The van der Waals surface area contributed by atoms with E-state index in [1.807, 2.05) is 24.3 Å². The first-order chi connectivity index (χ1) is 24.6. The van der Waals surface area contributed by atoms with Gasteiger partial charge >= 0.3 is 11.9 Å². The number of unbranched alkanes of at least 4 members (excludes halogenated alkanes) is 2. The molecule has 0 bridgehead atoms. The molecular weight excluding hydrogens is 646 g/mol. The van der Waals surface area contributed by atoms with Crippen molar-refractivity contribution < 1.29 is 35.1 Å². The lowest BCUT2D eigenvalue weighted by Gasteiger charge is -2.24. The molecule has 1 aromatic heterocycles. The average molecular weight is 690 g/mol. The Bertz CT molecular complexity index is 2060. The Morgan fingerprint density at radius 3 is 1.67 bits per heavy atom. The topological polar surface area (TPSA) is 164 Å². The highest BCUT2D eigenvalue weighted by molar-refractivity contribution is 6.02. The second kappa shape index (κ2) is 16.9.